The van der Waals surface area contributed by atoms with Crippen LogP contribution in [-0.2, 0) is 6.54 Å². The van der Waals surface area contributed by atoms with Crippen LogP contribution in [0.5, 0.6) is 0 Å². The van der Waals surface area contributed by atoms with Gasteiger partial charge in [-0.05, 0) is 49.9 Å². The third-order valence-electron chi connectivity index (χ3n) is 4.74. The predicted octanol–water partition coefficient (Wildman–Crippen LogP) is 2.28. The van der Waals surface area contributed by atoms with E-state index in [-0.39, 0.29) is 30.0 Å². The Morgan fingerprint density at radius 2 is 2.00 bits per heavy atom. The van der Waals surface area contributed by atoms with E-state index in [9.17, 15) is 4.79 Å². The van der Waals surface area contributed by atoms with Gasteiger partial charge >= 0.3 is 6.03 Å². The Balaban J connectivity index is 0.00000364. The van der Waals surface area contributed by atoms with Crippen LogP contribution in [-0.4, -0.2) is 56.7 Å². The number of nitrogens with one attached hydrogen (secondary N) is 2. The number of hydrogen-bond donors (Lipinski definition) is 3. The van der Waals surface area contributed by atoms with Crippen molar-refractivity contribution in [2.75, 3.05) is 38.6 Å². The van der Waals surface area contributed by atoms with E-state index in [1.54, 1.807) is 4.90 Å². The van der Waals surface area contributed by atoms with Crippen molar-refractivity contribution in [1.29, 1.82) is 0 Å². The molecule has 0 bridgehead atoms. The van der Waals surface area contributed by atoms with Gasteiger partial charge in [0.05, 0.1) is 6.54 Å². The van der Waals surface area contributed by atoms with Crippen molar-refractivity contribution in [3.05, 3.63) is 29.3 Å². The van der Waals surface area contributed by atoms with Crippen molar-refractivity contribution in [3.8, 4) is 0 Å². The molecule has 1 fully saturated rings. The number of likely N-dealkylation sites (tertiary alicyclic amines) is 1. The van der Waals surface area contributed by atoms with E-state index in [2.05, 4.69) is 47.6 Å². The molecule has 2 rings (SSSR count). The van der Waals surface area contributed by atoms with Gasteiger partial charge in [-0.25, -0.2) is 9.79 Å². The summed E-state index contributed by atoms with van der Waals surface area (Å²) in [6.45, 7) is 7.01. The number of hydrogen-bond acceptors (Lipinski definition) is 3. The summed E-state index contributed by atoms with van der Waals surface area (Å²) < 4.78 is 0. The number of primary amides is 1. The highest BCUT2D eigenvalue weighted by molar-refractivity contribution is 14.0. The van der Waals surface area contributed by atoms with Crippen LogP contribution >= 0.6 is 24.0 Å². The summed E-state index contributed by atoms with van der Waals surface area (Å²) in [5.41, 5.74) is 9.00. The normalized spacial score (nSPS) is 15.1. The van der Waals surface area contributed by atoms with Gasteiger partial charge in [0.2, 0.25) is 0 Å². The minimum atomic E-state index is -0.333. The lowest BCUT2D eigenvalue weighted by Crippen LogP contribution is -2.50. The van der Waals surface area contributed by atoms with E-state index in [0.29, 0.717) is 25.7 Å². The molecule has 0 spiro atoms. The topological polar surface area (TPSA) is 86.0 Å². The maximum Gasteiger partial charge on any atom is 0.314 e. The second-order valence-corrected chi connectivity index (χ2v) is 6.94. The molecular weight excluding hydrogens is 455 g/mol. The van der Waals surface area contributed by atoms with Crippen molar-refractivity contribution in [2.24, 2.45) is 10.7 Å². The van der Waals surface area contributed by atoms with Gasteiger partial charge in [0.25, 0.3) is 0 Å². The number of piperidine rings is 1. The Morgan fingerprint density at radius 1 is 1.33 bits per heavy atom. The minimum absolute atomic E-state index is 0. The van der Waals surface area contributed by atoms with E-state index in [0.717, 1.165) is 25.3 Å². The highest BCUT2D eigenvalue weighted by Gasteiger charge is 2.21. The molecule has 1 aliphatic rings. The molecule has 0 unspecified atom stereocenters. The molecule has 0 aliphatic carbocycles. The number of amides is 2. The molecule has 1 aliphatic heterocycles. The highest BCUT2D eigenvalue weighted by Crippen LogP contribution is 2.18. The van der Waals surface area contributed by atoms with E-state index >= 15 is 0 Å². The number of nitrogens with zero attached hydrogens (tertiary/aromatic N) is 3. The molecule has 152 valence electrons. The molecule has 1 aromatic rings. The molecule has 0 aromatic heterocycles. The van der Waals surface area contributed by atoms with E-state index in [4.69, 9.17) is 10.7 Å². The van der Waals surface area contributed by atoms with Gasteiger partial charge in [-0.1, -0.05) is 6.07 Å². The van der Waals surface area contributed by atoms with Crippen LogP contribution in [0.25, 0.3) is 0 Å². The number of rotatable bonds is 5. The first kappa shape index (κ1) is 23.3. The molecule has 4 N–H and O–H groups in total. The average molecular weight is 488 g/mol. The van der Waals surface area contributed by atoms with Gasteiger partial charge in [-0.3, -0.25) is 0 Å². The third kappa shape index (κ3) is 7.08. The summed E-state index contributed by atoms with van der Waals surface area (Å²) >= 11 is 0. The molecule has 27 heavy (non-hydrogen) atoms. The Hall–Kier alpha value is -1.71. The lowest BCUT2D eigenvalue weighted by atomic mass is 10.1. The molecule has 0 radical (unpaired) electrons. The number of halogens is 1. The summed E-state index contributed by atoms with van der Waals surface area (Å²) in [5.74, 6) is 0.820. The summed E-state index contributed by atoms with van der Waals surface area (Å²) in [7, 11) is 4.09. The smallest absolute Gasteiger partial charge is 0.314 e. The minimum Gasteiger partial charge on any atom is -0.378 e. The van der Waals surface area contributed by atoms with Crippen molar-refractivity contribution >= 4 is 41.7 Å². The first-order chi connectivity index (χ1) is 12.4. The molecule has 0 saturated carbocycles. The Bertz CT molecular complexity index is 641. The van der Waals surface area contributed by atoms with Crippen LogP contribution in [0, 0.1) is 6.92 Å². The molecular formula is C19H33IN6O. The molecule has 2 amide bonds. The monoisotopic (exact) mass is 488 g/mol. The lowest BCUT2D eigenvalue weighted by molar-refractivity contribution is 0.188. The van der Waals surface area contributed by atoms with Crippen molar-refractivity contribution in [2.45, 2.75) is 39.3 Å². The fourth-order valence-corrected chi connectivity index (χ4v) is 3.06. The average Bonchev–Trinajstić information content (AvgIpc) is 2.61. The predicted molar refractivity (Wildman–Crippen MR) is 123 cm³/mol. The van der Waals surface area contributed by atoms with E-state index < -0.39 is 0 Å². The first-order valence-electron chi connectivity index (χ1n) is 9.26. The quantitative estimate of drug-likeness (QED) is 0.337. The van der Waals surface area contributed by atoms with Gasteiger partial charge in [-0.15, -0.1) is 24.0 Å². The van der Waals surface area contributed by atoms with Gasteiger partial charge in [0, 0.05) is 45.5 Å². The van der Waals surface area contributed by atoms with Crippen molar-refractivity contribution < 1.29 is 4.79 Å². The van der Waals surface area contributed by atoms with Crippen LogP contribution in [0.4, 0.5) is 10.5 Å². The van der Waals surface area contributed by atoms with Crippen LogP contribution in [0.1, 0.15) is 30.9 Å². The van der Waals surface area contributed by atoms with Crippen molar-refractivity contribution in [3.63, 3.8) is 0 Å². The van der Waals surface area contributed by atoms with E-state index in [1.807, 2.05) is 14.1 Å². The van der Waals surface area contributed by atoms with Gasteiger partial charge in [-0.2, -0.15) is 0 Å². The number of aryl methyl sites for hydroxylation is 1. The van der Waals surface area contributed by atoms with Gasteiger partial charge in [0.15, 0.2) is 5.96 Å². The largest absolute Gasteiger partial charge is 0.378 e. The Kier molecular flexibility index (Phi) is 9.68. The highest BCUT2D eigenvalue weighted by atomic mass is 127. The number of anilines is 1. The van der Waals surface area contributed by atoms with Crippen molar-refractivity contribution in [1.82, 2.24) is 15.5 Å². The van der Waals surface area contributed by atoms with Crippen LogP contribution < -0.4 is 21.3 Å². The first-order valence-corrected chi connectivity index (χ1v) is 9.26. The fourth-order valence-electron chi connectivity index (χ4n) is 3.06. The maximum atomic E-state index is 11.2. The SMILES string of the molecule is CCNC(=NCc1ccc(N(C)C)cc1C)NC1CCN(C(N)=O)CC1.I. The molecule has 0 atom stereocenters. The number of carbonyl (C=O) groups is 1. The number of nitrogens with two attached hydrogens (primary N) is 1. The van der Waals surface area contributed by atoms with E-state index in [1.165, 1.54) is 16.8 Å². The second-order valence-electron chi connectivity index (χ2n) is 6.94. The zero-order valence-electron chi connectivity index (χ0n) is 16.8. The standard InChI is InChI=1S/C19H32N6O.HI/c1-5-21-19(23-16-8-10-25(11-9-16)18(20)26)22-13-15-6-7-17(24(3)4)12-14(15)2;/h6-7,12,16H,5,8-11,13H2,1-4H3,(H2,20,26)(H2,21,22,23);1H. The number of aliphatic imine (C=N–C) groups is 1. The second kappa shape index (κ2) is 11.2. The summed E-state index contributed by atoms with van der Waals surface area (Å²) in [5, 5.41) is 6.80. The summed E-state index contributed by atoms with van der Waals surface area (Å²) in [6.07, 6.45) is 1.76. The number of carbonyl (C=O) groups excluding carboxylic acids is 1. The summed E-state index contributed by atoms with van der Waals surface area (Å²) in [4.78, 5) is 19.8. The van der Waals surface area contributed by atoms with Crippen LogP contribution in [0.3, 0.4) is 0 Å². The van der Waals surface area contributed by atoms with Crippen LogP contribution in [0.15, 0.2) is 23.2 Å². The molecule has 1 aromatic carbocycles. The lowest BCUT2D eigenvalue weighted by Gasteiger charge is -2.32. The Labute approximate surface area is 179 Å². The molecule has 1 saturated heterocycles. The number of guanidine groups is 1. The zero-order valence-corrected chi connectivity index (χ0v) is 19.1. The molecule has 8 heteroatoms. The maximum absolute atomic E-state index is 11.2. The van der Waals surface area contributed by atoms with Crippen LogP contribution in [0.2, 0.25) is 0 Å². The summed E-state index contributed by atoms with van der Waals surface area (Å²) in [6, 6.07) is 6.42. The molecule has 1 heterocycles. The fraction of sp³-hybridized carbons (Fsp3) is 0.579. The zero-order chi connectivity index (χ0) is 19.1. The molecule has 7 nitrogen and oxygen atoms in total. The number of urea groups is 1. The number of benzene rings is 1. The van der Waals surface area contributed by atoms with Gasteiger partial charge in [0.1, 0.15) is 0 Å². The Morgan fingerprint density at radius 3 is 2.52 bits per heavy atom. The van der Waals surface area contributed by atoms with Gasteiger partial charge < -0.3 is 26.2 Å². The third-order valence-corrected chi connectivity index (χ3v) is 4.74.